The molecule has 1 fully saturated rings. The van der Waals surface area contributed by atoms with Crippen LogP contribution < -0.4 is 10.2 Å². The highest BCUT2D eigenvalue weighted by molar-refractivity contribution is 6.31. The van der Waals surface area contributed by atoms with Gasteiger partial charge in [-0.05, 0) is 31.5 Å². The number of benzene rings is 1. The Kier molecular flexibility index (Phi) is 3.99. The highest BCUT2D eigenvalue weighted by Gasteiger charge is 2.33. The molecule has 0 bridgehead atoms. The molecular formula is C17H16ClFN6O. The first-order chi connectivity index (χ1) is 12.4. The van der Waals surface area contributed by atoms with Crippen LogP contribution in [-0.4, -0.2) is 38.2 Å². The van der Waals surface area contributed by atoms with E-state index in [-0.39, 0.29) is 10.9 Å². The van der Waals surface area contributed by atoms with E-state index in [2.05, 4.69) is 20.4 Å². The molecule has 0 spiro atoms. The molecule has 1 N–H and O–H groups in total. The average Bonchev–Trinajstić information content (AvgIpc) is 3.14. The van der Waals surface area contributed by atoms with Gasteiger partial charge >= 0.3 is 0 Å². The average molecular weight is 375 g/mol. The molecule has 0 unspecified atom stereocenters. The van der Waals surface area contributed by atoms with Crippen LogP contribution in [0.4, 0.5) is 15.9 Å². The van der Waals surface area contributed by atoms with Crippen molar-refractivity contribution in [2.24, 2.45) is 7.05 Å². The highest BCUT2D eigenvalue weighted by atomic mass is 35.5. The number of aromatic nitrogens is 4. The molecule has 1 aromatic carbocycles. The molecule has 134 valence electrons. The van der Waals surface area contributed by atoms with Gasteiger partial charge in [0.25, 0.3) is 0 Å². The number of fused-ring (bicyclic) bond motifs is 1. The third-order valence-corrected chi connectivity index (χ3v) is 4.72. The summed E-state index contributed by atoms with van der Waals surface area (Å²) in [7, 11) is 1.80. The van der Waals surface area contributed by atoms with Crippen LogP contribution >= 0.6 is 11.6 Å². The number of rotatable bonds is 3. The Morgan fingerprint density at radius 1 is 1.35 bits per heavy atom. The largest absolute Gasteiger partial charge is 0.358 e. The van der Waals surface area contributed by atoms with Crippen LogP contribution in [0.15, 0.2) is 24.4 Å². The van der Waals surface area contributed by atoms with Crippen molar-refractivity contribution in [3.63, 3.8) is 0 Å². The topological polar surface area (TPSA) is 75.9 Å². The van der Waals surface area contributed by atoms with E-state index in [9.17, 15) is 9.18 Å². The first-order valence-corrected chi connectivity index (χ1v) is 8.51. The number of anilines is 2. The minimum atomic E-state index is -0.507. The number of carbonyl (C=O) groups excluding carboxylic acids is 1. The summed E-state index contributed by atoms with van der Waals surface area (Å²) in [6, 6.07) is 3.84. The normalized spacial score (nSPS) is 17.3. The van der Waals surface area contributed by atoms with Gasteiger partial charge < -0.3 is 10.2 Å². The summed E-state index contributed by atoms with van der Waals surface area (Å²) in [5.74, 6) is 0.558. The van der Waals surface area contributed by atoms with Crippen LogP contribution in [0.2, 0.25) is 5.02 Å². The minimum Gasteiger partial charge on any atom is -0.358 e. The summed E-state index contributed by atoms with van der Waals surface area (Å²) in [6.07, 6.45) is 2.27. The van der Waals surface area contributed by atoms with Crippen LogP contribution in [0.5, 0.6) is 0 Å². The van der Waals surface area contributed by atoms with Gasteiger partial charge in [0.1, 0.15) is 23.5 Å². The van der Waals surface area contributed by atoms with Gasteiger partial charge in [0, 0.05) is 19.3 Å². The molecule has 1 amide bonds. The van der Waals surface area contributed by atoms with Crippen molar-refractivity contribution in [1.29, 1.82) is 0 Å². The van der Waals surface area contributed by atoms with Crippen LogP contribution in [0, 0.1) is 12.7 Å². The minimum absolute atomic E-state index is 0.00444. The van der Waals surface area contributed by atoms with Gasteiger partial charge in [-0.2, -0.15) is 5.10 Å². The predicted octanol–water partition coefficient (Wildman–Crippen LogP) is 2.68. The van der Waals surface area contributed by atoms with Gasteiger partial charge in [-0.25, -0.2) is 14.4 Å². The Morgan fingerprint density at radius 2 is 2.15 bits per heavy atom. The summed E-state index contributed by atoms with van der Waals surface area (Å²) < 4.78 is 15.0. The maximum atomic E-state index is 13.4. The summed E-state index contributed by atoms with van der Waals surface area (Å²) >= 11 is 5.84. The molecule has 0 saturated carbocycles. The molecule has 0 radical (unpaired) electrons. The van der Waals surface area contributed by atoms with E-state index in [1.165, 1.54) is 12.1 Å². The van der Waals surface area contributed by atoms with E-state index < -0.39 is 11.9 Å². The summed E-state index contributed by atoms with van der Waals surface area (Å²) in [6.45, 7) is 2.31. The first kappa shape index (κ1) is 16.7. The summed E-state index contributed by atoms with van der Waals surface area (Å²) in [5.41, 5.74) is 1.28. The Balaban J connectivity index is 1.61. The maximum absolute atomic E-state index is 13.4. The predicted molar refractivity (Wildman–Crippen MR) is 96.8 cm³/mol. The van der Waals surface area contributed by atoms with Gasteiger partial charge in [0.05, 0.1) is 16.6 Å². The quantitative estimate of drug-likeness (QED) is 0.762. The molecule has 9 heteroatoms. The van der Waals surface area contributed by atoms with Crippen molar-refractivity contribution in [1.82, 2.24) is 19.7 Å². The fourth-order valence-electron chi connectivity index (χ4n) is 3.13. The lowest BCUT2D eigenvalue weighted by molar-refractivity contribution is -0.117. The Labute approximate surface area is 153 Å². The van der Waals surface area contributed by atoms with Crippen molar-refractivity contribution in [2.75, 3.05) is 16.8 Å². The first-order valence-electron chi connectivity index (χ1n) is 8.13. The molecule has 2 aromatic heterocycles. The van der Waals surface area contributed by atoms with Crippen LogP contribution in [0.1, 0.15) is 12.2 Å². The lowest BCUT2D eigenvalue weighted by atomic mass is 10.2. The van der Waals surface area contributed by atoms with Gasteiger partial charge in [0.15, 0.2) is 5.65 Å². The molecule has 7 nitrogen and oxygen atoms in total. The van der Waals surface area contributed by atoms with E-state index in [0.717, 1.165) is 5.39 Å². The second-order valence-corrected chi connectivity index (χ2v) is 6.61. The second-order valence-electron chi connectivity index (χ2n) is 6.20. The molecule has 0 aliphatic carbocycles. The number of aryl methyl sites for hydroxylation is 2. The highest BCUT2D eigenvalue weighted by Crippen LogP contribution is 2.28. The van der Waals surface area contributed by atoms with Gasteiger partial charge in [-0.1, -0.05) is 11.6 Å². The summed E-state index contributed by atoms with van der Waals surface area (Å²) in [5, 5.41) is 8.17. The molecule has 26 heavy (non-hydrogen) atoms. The summed E-state index contributed by atoms with van der Waals surface area (Å²) in [4.78, 5) is 23.2. The number of amides is 1. The van der Waals surface area contributed by atoms with Crippen molar-refractivity contribution in [2.45, 2.75) is 19.4 Å². The maximum Gasteiger partial charge on any atom is 0.249 e. The van der Waals surface area contributed by atoms with Crippen molar-refractivity contribution in [3.05, 3.63) is 41.1 Å². The van der Waals surface area contributed by atoms with E-state index in [1.54, 1.807) is 35.8 Å². The number of hydrogen-bond acceptors (Lipinski definition) is 5. The van der Waals surface area contributed by atoms with Crippen LogP contribution in [0.25, 0.3) is 11.0 Å². The monoisotopic (exact) mass is 374 g/mol. The molecule has 4 rings (SSSR count). The fraction of sp³-hybridized carbons (Fsp3) is 0.294. The van der Waals surface area contributed by atoms with Crippen LogP contribution in [0.3, 0.4) is 0 Å². The van der Waals surface area contributed by atoms with E-state index in [0.29, 0.717) is 35.9 Å². The SMILES string of the molecule is Cc1nc(N[C@@H]2CCN(c3ccc(F)c(Cl)c3)C2=O)c2cnn(C)c2n1. The van der Waals surface area contributed by atoms with Crippen LogP contribution in [-0.2, 0) is 11.8 Å². The van der Waals surface area contributed by atoms with Gasteiger partial charge in [-0.3, -0.25) is 9.48 Å². The lowest BCUT2D eigenvalue weighted by Crippen LogP contribution is -2.33. The molecule has 3 heterocycles. The lowest BCUT2D eigenvalue weighted by Gasteiger charge is -2.18. The van der Waals surface area contributed by atoms with E-state index in [1.807, 2.05) is 0 Å². The van der Waals surface area contributed by atoms with Crippen molar-refractivity contribution < 1.29 is 9.18 Å². The van der Waals surface area contributed by atoms with Crippen molar-refractivity contribution >= 4 is 40.0 Å². The molecule has 1 atom stereocenters. The third-order valence-electron chi connectivity index (χ3n) is 4.44. The number of nitrogens with zero attached hydrogens (tertiary/aromatic N) is 5. The third kappa shape index (κ3) is 2.76. The van der Waals surface area contributed by atoms with E-state index in [4.69, 9.17) is 11.6 Å². The number of carbonyl (C=O) groups is 1. The molecule has 1 aliphatic heterocycles. The second kappa shape index (κ2) is 6.21. The fourth-order valence-corrected chi connectivity index (χ4v) is 3.30. The number of halogens is 2. The van der Waals surface area contributed by atoms with Crippen molar-refractivity contribution in [3.8, 4) is 0 Å². The number of nitrogens with one attached hydrogen (secondary N) is 1. The molecule has 1 aliphatic rings. The van der Waals surface area contributed by atoms with Gasteiger partial charge in [-0.15, -0.1) is 0 Å². The molecular weight excluding hydrogens is 359 g/mol. The zero-order chi connectivity index (χ0) is 18.4. The van der Waals surface area contributed by atoms with Gasteiger partial charge in [0.2, 0.25) is 5.91 Å². The smallest absolute Gasteiger partial charge is 0.249 e. The molecule has 3 aromatic rings. The zero-order valence-corrected chi connectivity index (χ0v) is 15.0. The number of hydrogen-bond donors (Lipinski definition) is 1. The van der Waals surface area contributed by atoms with E-state index >= 15 is 0 Å². The Bertz CT molecular complexity index is 1020. The zero-order valence-electron chi connectivity index (χ0n) is 14.2. The Hall–Kier alpha value is -2.74. The Morgan fingerprint density at radius 3 is 2.92 bits per heavy atom. The standard InChI is InChI=1S/C17H16ClFN6O/c1-9-21-15(11-8-20-24(2)16(11)22-9)23-14-5-6-25(17(14)26)10-3-4-13(19)12(18)7-10/h3-4,7-8,14H,5-6H2,1-2H3,(H,21,22,23)/t14-/m1/s1. The molecule has 1 saturated heterocycles.